The molecule has 0 saturated heterocycles. The van der Waals surface area contributed by atoms with Crippen molar-refractivity contribution in [2.24, 2.45) is 0 Å². The third-order valence-corrected chi connectivity index (χ3v) is 6.77. The van der Waals surface area contributed by atoms with Gasteiger partial charge in [0.1, 0.15) is 5.75 Å². The van der Waals surface area contributed by atoms with Gasteiger partial charge in [0.05, 0.1) is 11.2 Å². The first-order valence-corrected chi connectivity index (χ1v) is 10.3. The van der Waals surface area contributed by atoms with Gasteiger partial charge in [-0.3, -0.25) is 0 Å². The highest BCUT2D eigenvalue weighted by atomic mass is 32.3. The second kappa shape index (κ2) is 5.70. The lowest BCUT2D eigenvalue weighted by Crippen LogP contribution is -2.30. The first-order valence-electron chi connectivity index (χ1n) is 5.15. The molecular weight excluding hydrogens is 373 g/mol. The van der Waals surface area contributed by atoms with Crippen molar-refractivity contribution in [3.8, 4) is 5.75 Å². The standard InChI is InChI=1S/C9H9F3O7S3/c1-20(13,14)19-7-2-4-8(5-3-7)21(15,16)6-22(17,18)9(10,11)12/h2-5H,6H2,1H3. The van der Waals surface area contributed by atoms with Gasteiger partial charge in [-0.05, 0) is 24.3 Å². The van der Waals surface area contributed by atoms with E-state index >= 15 is 0 Å². The quantitative estimate of drug-likeness (QED) is 0.689. The minimum absolute atomic E-state index is 0.278. The van der Waals surface area contributed by atoms with Gasteiger partial charge in [-0.2, -0.15) is 21.6 Å². The Kier molecular flexibility index (Phi) is 4.85. The molecule has 0 unspecified atom stereocenters. The average molecular weight is 382 g/mol. The second-order valence-electron chi connectivity index (χ2n) is 4.05. The zero-order valence-corrected chi connectivity index (χ0v) is 13.2. The minimum atomic E-state index is -5.86. The van der Waals surface area contributed by atoms with E-state index in [-0.39, 0.29) is 5.75 Å². The van der Waals surface area contributed by atoms with Gasteiger partial charge in [-0.1, -0.05) is 0 Å². The average Bonchev–Trinajstić information content (AvgIpc) is 2.24. The van der Waals surface area contributed by atoms with Crippen LogP contribution in [0.15, 0.2) is 29.2 Å². The maximum atomic E-state index is 12.2. The van der Waals surface area contributed by atoms with Gasteiger partial charge in [0, 0.05) is 0 Å². The number of hydrogen-bond acceptors (Lipinski definition) is 7. The van der Waals surface area contributed by atoms with E-state index in [1.165, 1.54) is 0 Å². The molecular formula is C9H9F3O7S3. The van der Waals surface area contributed by atoms with Gasteiger partial charge in [-0.25, -0.2) is 16.8 Å². The molecule has 0 aromatic heterocycles. The van der Waals surface area contributed by atoms with Crippen LogP contribution in [0.5, 0.6) is 5.75 Å². The molecule has 1 aromatic carbocycles. The summed E-state index contributed by atoms with van der Waals surface area (Å²) in [7, 11) is -14.5. The van der Waals surface area contributed by atoms with Gasteiger partial charge in [0.25, 0.3) is 9.84 Å². The van der Waals surface area contributed by atoms with E-state index in [1.807, 2.05) is 0 Å². The Balaban J connectivity index is 3.11. The smallest absolute Gasteiger partial charge is 0.383 e. The van der Waals surface area contributed by atoms with Crippen LogP contribution in [0.4, 0.5) is 13.2 Å². The van der Waals surface area contributed by atoms with Crippen LogP contribution in [-0.4, -0.2) is 42.1 Å². The number of hydrogen-bond donors (Lipinski definition) is 0. The third-order valence-electron chi connectivity index (χ3n) is 2.09. The van der Waals surface area contributed by atoms with E-state index in [9.17, 15) is 38.4 Å². The van der Waals surface area contributed by atoms with Crippen molar-refractivity contribution in [2.45, 2.75) is 10.4 Å². The molecule has 22 heavy (non-hydrogen) atoms. The van der Waals surface area contributed by atoms with Crippen LogP contribution >= 0.6 is 0 Å². The number of alkyl halides is 3. The number of rotatable bonds is 5. The molecule has 0 radical (unpaired) electrons. The van der Waals surface area contributed by atoms with Gasteiger partial charge < -0.3 is 4.18 Å². The van der Waals surface area contributed by atoms with Crippen LogP contribution in [0, 0.1) is 0 Å². The van der Waals surface area contributed by atoms with E-state index in [0.717, 1.165) is 30.5 Å². The molecule has 0 heterocycles. The Morgan fingerprint density at radius 3 is 1.77 bits per heavy atom. The summed E-state index contributed by atoms with van der Waals surface area (Å²) in [5.74, 6) is -0.278. The van der Waals surface area contributed by atoms with Crippen molar-refractivity contribution in [2.75, 3.05) is 11.3 Å². The fourth-order valence-corrected chi connectivity index (χ4v) is 4.94. The molecule has 0 saturated carbocycles. The van der Waals surface area contributed by atoms with E-state index in [2.05, 4.69) is 4.18 Å². The lowest BCUT2D eigenvalue weighted by Gasteiger charge is -2.09. The summed E-state index contributed by atoms with van der Waals surface area (Å²) in [4.78, 5) is -0.721. The lowest BCUT2D eigenvalue weighted by atomic mass is 10.3. The molecule has 1 aromatic rings. The fraction of sp³-hybridized carbons (Fsp3) is 0.333. The molecule has 0 aliphatic heterocycles. The molecule has 0 aliphatic carbocycles. The highest BCUT2D eigenvalue weighted by Crippen LogP contribution is 2.27. The van der Waals surface area contributed by atoms with Crippen molar-refractivity contribution in [1.82, 2.24) is 0 Å². The van der Waals surface area contributed by atoms with Crippen LogP contribution in [-0.2, 0) is 29.8 Å². The molecule has 0 bridgehead atoms. The maximum absolute atomic E-state index is 12.2. The first kappa shape index (κ1) is 18.7. The zero-order valence-electron chi connectivity index (χ0n) is 10.7. The van der Waals surface area contributed by atoms with Gasteiger partial charge in [0.15, 0.2) is 14.9 Å². The molecule has 0 N–H and O–H groups in total. The van der Waals surface area contributed by atoms with Gasteiger partial charge >= 0.3 is 15.6 Å². The number of sulfone groups is 2. The normalized spacial score (nSPS) is 13.8. The molecule has 0 atom stereocenters. The minimum Gasteiger partial charge on any atom is -0.383 e. The monoisotopic (exact) mass is 382 g/mol. The largest absolute Gasteiger partial charge is 0.498 e. The predicted octanol–water partition coefficient (Wildman–Crippen LogP) is 0.691. The highest BCUT2D eigenvalue weighted by Gasteiger charge is 2.48. The Hall–Kier alpha value is -1.34. The van der Waals surface area contributed by atoms with Crippen LogP contribution in [0.25, 0.3) is 0 Å². The maximum Gasteiger partial charge on any atom is 0.498 e. The lowest BCUT2D eigenvalue weighted by molar-refractivity contribution is -0.0431. The summed E-state index contributed by atoms with van der Waals surface area (Å²) >= 11 is 0. The van der Waals surface area contributed by atoms with Crippen molar-refractivity contribution < 1.29 is 42.6 Å². The van der Waals surface area contributed by atoms with Crippen molar-refractivity contribution in [3.05, 3.63) is 24.3 Å². The molecule has 0 aliphatic rings. The fourth-order valence-electron chi connectivity index (χ4n) is 1.22. The van der Waals surface area contributed by atoms with Crippen LogP contribution in [0.2, 0.25) is 0 Å². The number of benzene rings is 1. The summed E-state index contributed by atoms with van der Waals surface area (Å²) in [5.41, 5.74) is -5.70. The van der Waals surface area contributed by atoms with E-state index in [0.29, 0.717) is 0 Å². The van der Waals surface area contributed by atoms with Crippen LogP contribution in [0.3, 0.4) is 0 Å². The molecule has 13 heteroatoms. The molecule has 1 rings (SSSR count). The van der Waals surface area contributed by atoms with Crippen molar-refractivity contribution in [1.29, 1.82) is 0 Å². The first-order chi connectivity index (χ1) is 9.64. The summed E-state index contributed by atoms with van der Waals surface area (Å²) in [6, 6.07) is 3.21. The molecule has 0 fully saturated rings. The Morgan fingerprint density at radius 1 is 0.955 bits per heavy atom. The molecule has 126 valence electrons. The topological polar surface area (TPSA) is 112 Å². The summed E-state index contributed by atoms with van der Waals surface area (Å²) in [6.07, 6.45) is 0.730. The van der Waals surface area contributed by atoms with Crippen molar-refractivity contribution in [3.63, 3.8) is 0 Å². The van der Waals surface area contributed by atoms with Crippen LogP contribution in [0.1, 0.15) is 0 Å². The predicted molar refractivity (Wildman–Crippen MR) is 68.9 cm³/mol. The third kappa shape index (κ3) is 4.84. The van der Waals surface area contributed by atoms with Gasteiger partial charge in [-0.15, -0.1) is 0 Å². The summed E-state index contributed by atoms with van der Waals surface area (Å²) in [6.45, 7) is 0. The number of halogens is 3. The summed E-state index contributed by atoms with van der Waals surface area (Å²) in [5, 5.41) is -2.14. The van der Waals surface area contributed by atoms with E-state index in [1.54, 1.807) is 0 Å². The van der Waals surface area contributed by atoms with E-state index in [4.69, 9.17) is 0 Å². The molecule has 7 nitrogen and oxygen atoms in total. The Labute approximate surface area is 124 Å². The Morgan fingerprint density at radius 2 is 1.41 bits per heavy atom. The second-order valence-corrected chi connectivity index (χ2v) is 9.96. The Bertz CT molecular complexity index is 850. The van der Waals surface area contributed by atoms with Crippen molar-refractivity contribution >= 4 is 29.8 Å². The van der Waals surface area contributed by atoms with E-state index < -0.39 is 45.3 Å². The van der Waals surface area contributed by atoms with Gasteiger partial charge in [0.2, 0.25) is 0 Å². The van der Waals surface area contributed by atoms with Crippen LogP contribution < -0.4 is 4.18 Å². The summed E-state index contributed by atoms with van der Waals surface area (Å²) < 4.78 is 108. The zero-order chi connectivity index (χ0) is 17.4. The molecule has 0 spiro atoms. The highest BCUT2D eigenvalue weighted by molar-refractivity contribution is 8.08. The SMILES string of the molecule is CS(=O)(=O)Oc1ccc(S(=O)(=O)CS(=O)(=O)C(F)(F)F)cc1. The molecule has 0 amide bonds.